The smallest absolute Gasteiger partial charge is 0.224 e. The fourth-order valence-corrected chi connectivity index (χ4v) is 5.94. The molecule has 5 N–H and O–H groups in total. The van der Waals surface area contributed by atoms with E-state index in [4.69, 9.17) is 38.9 Å². The van der Waals surface area contributed by atoms with E-state index in [1.54, 1.807) is 18.3 Å². The van der Waals surface area contributed by atoms with Crippen LogP contribution in [-0.2, 0) is 4.79 Å². The Hall–Kier alpha value is -3.13. The number of nitriles is 1. The van der Waals surface area contributed by atoms with Gasteiger partial charge in [0.15, 0.2) is 5.65 Å². The van der Waals surface area contributed by atoms with Crippen LogP contribution in [0.25, 0.3) is 11.2 Å². The van der Waals surface area contributed by atoms with Gasteiger partial charge in [0.25, 0.3) is 0 Å². The molecule has 5 rings (SSSR count). The van der Waals surface area contributed by atoms with E-state index in [9.17, 15) is 15.2 Å². The number of anilines is 3. The molecule has 12 heteroatoms. The second kappa shape index (κ2) is 10.7. The maximum Gasteiger partial charge on any atom is 0.224 e. The molecule has 2 aliphatic carbocycles. The van der Waals surface area contributed by atoms with Crippen molar-refractivity contribution in [1.29, 1.82) is 5.26 Å². The Bertz CT molecular complexity index is 1340. The number of primary amides is 1. The topological polar surface area (TPSA) is 155 Å². The molecule has 0 saturated heterocycles. The van der Waals surface area contributed by atoms with Crippen LogP contribution in [0.15, 0.2) is 18.3 Å². The number of nitrogens with one attached hydrogen (secondary N) is 2. The number of rotatable bonds is 6. The van der Waals surface area contributed by atoms with E-state index in [2.05, 4.69) is 15.6 Å². The van der Waals surface area contributed by atoms with Gasteiger partial charge in [-0.25, -0.2) is 9.97 Å². The Labute approximate surface area is 224 Å². The van der Waals surface area contributed by atoms with Gasteiger partial charge in [0.05, 0.1) is 39.7 Å². The zero-order valence-electron chi connectivity index (χ0n) is 20.1. The fourth-order valence-electron chi connectivity index (χ4n) is 5.36. The number of nitrogens with two attached hydrogens (primary N) is 1. The van der Waals surface area contributed by atoms with E-state index in [0.717, 1.165) is 32.1 Å². The first-order valence-corrected chi connectivity index (χ1v) is 13.2. The third kappa shape index (κ3) is 5.44. The number of benzene rings is 1. The van der Waals surface area contributed by atoms with Crippen LogP contribution in [0.5, 0.6) is 0 Å². The van der Waals surface area contributed by atoms with Gasteiger partial charge in [0, 0.05) is 18.0 Å². The maximum atomic E-state index is 11.7. The molecule has 10 nitrogen and oxygen atoms in total. The number of imidazole rings is 1. The molecular weight excluding hydrogens is 515 g/mol. The number of hydrogen-bond donors (Lipinski definition) is 4. The van der Waals surface area contributed by atoms with Crippen LogP contribution in [0.1, 0.15) is 63.0 Å². The van der Waals surface area contributed by atoms with Crippen LogP contribution in [0.2, 0.25) is 10.0 Å². The summed E-state index contributed by atoms with van der Waals surface area (Å²) in [5.74, 6) is 0.548. The summed E-state index contributed by atoms with van der Waals surface area (Å²) in [6.45, 7) is 0. The first kappa shape index (κ1) is 25.5. The highest BCUT2D eigenvalue weighted by Crippen LogP contribution is 2.39. The number of aliphatic hydroxyl groups is 1. The molecule has 1 aromatic carbocycles. The van der Waals surface area contributed by atoms with E-state index in [-0.39, 0.29) is 30.0 Å². The molecule has 2 atom stereocenters. The second-order valence-electron chi connectivity index (χ2n) is 9.83. The van der Waals surface area contributed by atoms with Crippen molar-refractivity contribution in [3.05, 3.63) is 33.9 Å². The van der Waals surface area contributed by atoms with E-state index in [1.807, 2.05) is 10.6 Å². The van der Waals surface area contributed by atoms with Crippen molar-refractivity contribution >= 4 is 57.9 Å². The van der Waals surface area contributed by atoms with Crippen LogP contribution in [0.4, 0.5) is 17.6 Å². The lowest BCUT2D eigenvalue weighted by atomic mass is 9.85. The number of hydrogen-bond acceptors (Lipinski definition) is 8. The van der Waals surface area contributed by atoms with E-state index < -0.39 is 0 Å². The maximum absolute atomic E-state index is 11.7. The summed E-state index contributed by atoms with van der Waals surface area (Å²) in [6.07, 6.45) is 7.51. The fraction of sp³-hybridized carbons (Fsp3) is 0.480. The zero-order chi connectivity index (χ0) is 26.1. The second-order valence-corrected chi connectivity index (χ2v) is 10.6. The number of carbonyl (C=O) groups is 1. The van der Waals surface area contributed by atoms with Crippen LogP contribution in [0.3, 0.4) is 0 Å². The first-order chi connectivity index (χ1) is 17.8. The van der Waals surface area contributed by atoms with Crippen LogP contribution >= 0.6 is 23.2 Å². The predicted molar refractivity (Wildman–Crippen MR) is 142 cm³/mol. The third-order valence-corrected chi connectivity index (χ3v) is 7.88. The molecule has 0 aliphatic heterocycles. The SMILES string of the molecule is N#Cc1cc(Cl)c(Nc2nc3cnc(N[C@@H]4CCCC(O)C4)nc3n2[C@H]2CC[C@@H](C(N)=O)CC2)c(Cl)c1. The van der Waals surface area contributed by atoms with E-state index >= 15 is 0 Å². The Morgan fingerprint density at radius 2 is 1.86 bits per heavy atom. The summed E-state index contributed by atoms with van der Waals surface area (Å²) < 4.78 is 2.01. The molecule has 2 aromatic heterocycles. The average Bonchev–Trinajstić information content (AvgIpc) is 3.23. The molecule has 1 unspecified atom stereocenters. The highest BCUT2D eigenvalue weighted by atomic mass is 35.5. The van der Waals surface area contributed by atoms with E-state index in [1.165, 1.54) is 0 Å². The molecular formula is C25H28Cl2N8O2. The third-order valence-electron chi connectivity index (χ3n) is 7.28. The molecule has 2 heterocycles. The van der Waals surface area contributed by atoms with Crippen LogP contribution in [0, 0.1) is 17.2 Å². The van der Waals surface area contributed by atoms with Crippen LogP contribution < -0.4 is 16.4 Å². The summed E-state index contributed by atoms with van der Waals surface area (Å²) in [6, 6.07) is 5.24. The van der Waals surface area contributed by atoms with Gasteiger partial charge in [-0.15, -0.1) is 0 Å². The monoisotopic (exact) mass is 542 g/mol. The average molecular weight is 543 g/mol. The summed E-state index contributed by atoms with van der Waals surface area (Å²) in [4.78, 5) is 25.8. The van der Waals surface area contributed by atoms with Gasteiger partial charge >= 0.3 is 0 Å². The molecule has 3 aromatic rings. The number of halogens is 2. The predicted octanol–water partition coefficient (Wildman–Crippen LogP) is 4.68. The van der Waals surface area contributed by atoms with E-state index in [0.29, 0.717) is 63.6 Å². The first-order valence-electron chi connectivity index (χ1n) is 12.5. The molecule has 1 amide bonds. The van der Waals surface area contributed by atoms with Crippen molar-refractivity contribution in [2.45, 2.75) is 69.6 Å². The van der Waals surface area contributed by atoms with Crippen molar-refractivity contribution < 1.29 is 9.90 Å². The lowest BCUT2D eigenvalue weighted by Crippen LogP contribution is -2.30. The van der Waals surface area contributed by atoms with Gasteiger partial charge in [-0.3, -0.25) is 9.36 Å². The summed E-state index contributed by atoms with van der Waals surface area (Å²) >= 11 is 12.9. The minimum absolute atomic E-state index is 0.0123. The Morgan fingerprint density at radius 1 is 1.14 bits per heavy atom. The number of carbonyl (C=O) groups excluding carboxylic acids is 1. The van der Waals surface area contributed by atoms with Gasteiger partial charge in [0.2, 0.25) is 17.8 Å². The van der Waals surface area contributed by atoms with Gasteiger partial charge < -0.3 is 21.5 Å². The van der Waals surface area contributed by atoms with Gasteiger partial charge in [-0.05, 0) is 63.5 Å². The van der Waals surface area contributed by atoms with Crippen molar-refractivity contribution in [3.8, 4) is 6.07 Å². The Kier molecular flexibility index (Phi) is 7.38. The van der Waals surface area contributed by atoms with Crippen molar-refractivity contribution in [1.82, 2.24) is 19.5 Å². The number of nitrogens with zero attached hydrogens (tertiary/aromatic N) is 5. The lowest BCUT2D eigenvalue weighted by Gasteiger charge is -2.29. The lowest BCUT2D eigenvalue weighted by molar-refractivity contribution is -0.122. The van der Waals surface area contributed by atoms with Gasteiger partial charge in [-0.2, -0.15) is 10.2 Å². The minimum Gasteiger partial charge on any atom is -0.393 e. The highest BCUT2D eigenvalue weighted by molar-refractivity contribution is 6.39. The molecule has 37 heavy (non-hydrogen) atoms. The number of aliphatic hydroxyl groups excluding tert-OH is 1. The molecule has 2 aliphatic rings. The van der Waals surface area contributed by atoms with Crippen LogP contribution in [-0.4, -0.2) is 42.7 Å². The summed E-state index contributed by atoms with van der Waals surface area (Å²) in [7, 11) is 0. The standard InChI is InChI=1S/C25H28Cl2N8O2/c26-18-8-13(11-28)9-19(27)21(18)33-25-32-20-12-30-24(31-15-2-1-3-17(36)10-15)34-23(20)35(25)16-6-4-14(5-7-16)22(29)37/h8-9,12,14-17,36H,1-7,10H2,(H2,29,37)(H,32,33)(H,30,31,34)/t14-,15-,16+,17?/m1/s1. The van der Waals surface area contributed by atoms with Gasteiger partial charge in [0.1, 0.15) is 5.52 Å². The van der Waals surface area contributed by atoms with Crippen molar-refractivity contribution in [3.63, 3.8) is 0 Å². The molecule has 0 bridgehead atoms. The molecule has 0 spiro atoms. The summed E-state index contributed by atoms with van der Waals surface area (Å²) in [5, 5.41) is 26.5. The highest BCUT2D eigenvalue weighted by Gasteiger charge is 2.30. The summed E-state index contributed by atoms with van der Waals surface area (Å²) in [5.41, 5.74) is 7.58. The molecule has 2 saturated carbocycles. The largest absolute Gasteiger partial charge is 0.393 e. The number of aromatic nitrogens is 4. The number of fused-ring (bicyclic) bond motifs is 1. The van der Waals surface area contributed by atoms with Gasteiger partial charge in [-0.1, -0.05) is 23.2 Å². The van der Waals surface area contributed by atoms with Crippen molar-refractivity contribution in [2.75, 3.05) is 10.6 Å². The van der Waals surface area contributed by atoms with Crippen molar-refractivity contribution in [2.24, 2.45) is 11.7 Å². The normalized spacial score (nSPS) is 23.9. The number of amides is 1. The zero-order valence-corrected chi connectivity index (χ0v) is 21.6. The molecule has 0 radical (unpaired) electrons. The Morgan fingerprint density at radius 3 is 2.51 bits per heavy atom. The molecule has 194 valence electrons. The quantitative estimate of drug-likeness (QED) is 0.349. The minimum atomic E-state index is -0.321. The molecule has 2 fully saturated rings. The Balaban J connectivity index is 1.52.